The minimum Gasteiger partial charge on any atom is -0.403 e. The van der Waals surface area contributed by atoms with E-state index in [-0.39, 0.29) is 0 Å². The molecule has 0 radical (unpaired) electrons. The third-order valence-corrected chi connectivity index (χ3v) is 5.51. The number of allylic oxidation sites excluding steroid dienone is 1. The molecule has 0 amide bonds. The van der Waals surface area contributed by atoms with Crippen LogP contribution in [0.2, 0.25) is 0 Å². The lowest BCUT2D eigenvalue weighted by atomic mass is 9.74. The van der Waals surface area contributed by atoms with Gasteiger partial charge in [-0.05, 0) is 73.6 Å². The molecule has 1 nitrogen and oxygen atoms in total. The molecule has 5 heteroatoms. The van der Waals surface area contributed by atoms with Crippen LogP contribution in [-0.4, -0.2) is 6.36 Å². The molecule has 0 spiro atoms. The zero-order valence-corrected chi connectivity index (χ0v) is 14.5. The fraction of sp³-hybridized carbons (Fsp3) is 0.600. The fourth-order valence-corrected chi connectivity index (χ4v) is 4.27. The normalized spacial score (nSPS) is 23.8. The molecule has 0 heterocycles. The third-order valence-electron chi connectivity index (χ3n) is 5.51. The van der Waals surface area contributed by atoms with E-state index in [1.54, 1.807) is 0 Å². The van der Waals surface area contributed by atoms with Crippen LogP contribution < -0.4 is 4.74 Å². The second-order valence-corrected chi connectivity index (χ2v) is 7.25. The highest BCUT2D eigenvalue weighted by molar-refractivity contribution is 5.61. The van der Waals surface area contributed by atoms with Crippen molar-refractivity contribution in [2.75, 3.05) is 0 Å². The maximum Gasteiger partial charge on any atom is 0.573 e. The van der Waals surface area contributed by atoms with Gasteiger partial charge in [-0.2, -0.15) is 0 Å². The molecular weight excluding hydrogens is 332 g/mol. The van der Waals surface area contributed by atoms with Crippen molar-refractivity contribution in [3.63, 3.8) is 0 Å². The first-order valence-corrected chi connectivity index (χ1v) is 9.14. The predicted molar refractivity (Wildman–Crippen MR) is 89.7 cm³/mol. The van der Waals surface area contributed by atoms with Gasteiger partial charge in [-0.1, -0.05) is 31.4 Å². The Hall–Kier alpha value is -1.52. The van der Waals surface area contributed by atoms with E-state index < -0.39 is 17.9 Å². The highest BCUT2D eigenvalue weighted by Crippen LogP contribution is 2.40. The molecule has 3 rings (SSSR count). The van der Waals surface area contributed by atoms with Crippen LogP contribution in [-0.2, 0) is 6.42 Å². The van der Waals surface area contributed by atoms with E-state index in [0.29, 0.717) is 17.9 Å². The molecule has 0 bridgehead atoms. The van der Waals surface area contributed by atoms with Crippen molar-refractivity contribution in [3.8, 4) is 5.75 Å². The Morgan fingerprint density at radius 1 is 1.08 bits per heavy atom. The van der Waals surface area contributed by atoms with Gasteiger partial charge >= 0.3 is 6.36 Å². The zero-order valence-electron chi connectivity index (χ0n) is 14.5. The van der Waals surface area contributed by atoms with Crippen molar-refractivity contribution >= 4 is 6.08 Å². The van der Waals surface area contributed by atoms with Crippen LogP contribution in [0.25, 0.3) is 6.08 Å². The summed E-state index contributed by atoms with van der Waals surface area (Å²) in [6.45, 7) is 2.22. The summed E-state index contributed by atoms with van der Waals surface area (Å²) in [4.78, 5) is 0. The largest absolute Gasteiger partial charge is 0.573 e. The summed E-state index contributed by atoms with van der Waals surface area (Å²) in [6, 6.07) is 2.38. The third kappa shape index (κ3) is 4.56. The molecule has 0 saturated heterocycles. The lowest BCUT2D eigenvalue weighted by Crippen LogP contribution is -2.19. The van der Waals surface area contributed by atoms with Crippen molar-refractivity contribution in [1.29, 1.82) is 0 Å². The molecule has 138 valence electrons. The first-order chi connectivity index (χ1) is 11.9. The number of fused-ring (bicyclic) bond motifs is 1. The lowest BCUT2D eigenvalue weighted by molar-refractivity contribution is -0.275. The Morgan fingerprint density at radius 2 is 1.80 bits per heavy atom. The molecule has 2 aliphatic rings. The minimum atomic E-state index is -4.87. The highest BCUT2D eigenvalue weighted by atomic mass is 19.4. The van der Waals surface area contributed by atoms with Crippen LogP contribution in [0.1, 0.15) is 63.0 Å². The van der Waals surface area contributed by atoms with Crippen molar-refractivity contribution in [2.45, 2.75) is 64.7 Å². The number of hydrogen-bond acceptors (Lipinski definition) is 1. The van der Waals surface area contributed by atoms with E-state index in [1.807, 2.05) is 6.08 Å². The SMILES string of the molecule is CCCC1CCC(C2=Cc3cc(F)c(OC(F)(F)F)cc3CC2)CC1. The van der Waals surface area contributed by atoms with E-state index in [0.717, 1.165) is 17.9 Å². The summed E-state index contributed by atoms with van der Waals surface area (Å²) in [7, 11) is 0. The molecule has 0 aliphatic heterocycles. The van der Waals surface area contributed by atoms with Crippen LogP contribution in [0.5, 0.6) is 5.75 Å². The summed E-state index contributed by atoms with van der Waals surface area (Å²) < 4.78 is 54.8. The molecule has 0 unspecified atom stereocenters. The van der Waals surface area contributed by atoms with E-state index in [9.17, 15) is 17.6 Å². The van der Waals surface area contributed by atoms with Crippen LogP contribution in [0.4, 0.5) is 17.6 Å². The number of rotatable bonds is 4. The van der Waals surface area contributed by atoms with Crippen LogP contribution in [0, 0.1) is 17.7 Å². The van der Waals surface area contributed by atoms with Gasteiger partial charge in [-0.15, -0.1) is 13.2 Å². The van der Waals surface area contributed by atoms with E-state index >= 15 is 0 Å². The molecule has 1 saturated carbocycles. The first kappa shape index (κ1) is 18.3. The van der Waals surface area contributed by atoms with Gasteiger partial charge in [-0.25, -0.2) is 4.39 Å². The van der Waals surface area contributed by atoms with Crippen LogP contribution in [0.3, 0.4) is 0 Å². The van der Waals surface area contributed by atoms with Gasteiger partial charge in [-0.3, -0.25) is 0 Å². The molecule has 2 aliphatic carbocycles. The summed E-state index contributed by atoms with van der Waals surface area (Å²) in [5.74, 6) is -0.323. The fourth-order valence-electron chi connectivity index (χ4n) is 4.27. The summed E-state index contributed by atoms with van der Waals surface area (Å²) in [5, 5.41) is 0. The monoisotopic (exact) mass is 356 g/mol. The smallest absolute Gasteiger partial charge is 0.403 e. The molecular formula is C20H24F4O. The molecule has 1 aromatic rings. The number of aryl methyl sites for hydroxylation is 1. The number of benzene rings is 1. The van der Waals surface area contributed by atoms with Crippen LogP contribution in [0.15, 0.2) is 17.7 Å². The second kappa shape index (κ2) is 7.38. The Morgan fingerprint density at radius 3 is 2.44 bits per heavy atom. The molecule has 25 heavy (non-hydrogen) atoms. The Balaban J connectivity index is 1.73. The molecule has 0 aromatic heterocycles. The summed E-state index contributed by atoms with van der Waals surface area (Å²) >= 11 is 0. The average molecular weight is 356 g/mol. The van der Waals surface area contributed by atoms with Crippen molar-refractivity contribution in [2.24, 2.45) is 11.8 Å². The van der Waals surface area contributed by atoms with Gasteiger partial charge in [0.25, 0.3) is 0 Å². The van der Waals surface area contributed by atoms with E-state index in [4.69, 9.17) is 0 Å². The topological polar surface area (TPSA) is 9.23 Å². The van der Waals surface area contributed by atoms with E-state index in [2.05, 4.69) is 11.7 Å². The zero-order chi connectivity index (χ0) is 18.0. The van der Waals surface area contributed by atoms with Crippen molar-refractivity contribution in [3.05, 3.63) is 34.6 Å². The van der Waals surface area contributed by atoms with Gasteiger partial charge in [0.1, 0.15) is 0 Å². The van der Waals surface area contributed by atoms with Gasteiger partial charge in [0, 0.05) is 0 Å². The molecule has 1 aromatic carbocycles. The summed E-state index contributed by atoms with van der Waals surface area (Å²) in [6.07, 6.45) is 5.95. The standard InChI is InChI=1S/C20H24F4O/c1-2-3-13-4-6-14(7-5-13)15-8-9-16-12-19(25-20(22,23)24)18(21)11-17(16)10-15/h10-14H,2-9H2,1H3. The Kier molecular flexibility index (Phi) is 5.40. The predicted octanol–water partition coefficient (Wildman–Crippen LogP) is 6.66. The van der Waals surface area contributed by atoms with E-state index in [1.165, 1.54) is 56.2 Å². The number of hydrogen-bond donors (Lipinski definition) is 0. The highest BCUT2D eigenvalue weighted by Gasteiger charge is 2.33. The minimum absolute atomic E-state index is 0.537. The Labute approximate surface area is 146 Å². The van der Waals surface area contributed by atoms with Gasteiger partial charge < -0.3 is 4.74 Å². The number of alkyl halides is 3. The molecule has 0 atom stereocenters. The number of ether oxygens (including phenoxy) is 1. The van der Waals surface area contributed by atoms with Crippen molar-refractivity contribution in [1.82, 2.24) is 0 Å². The van der Waals surface area contributed by atoms with Crippen LogP contribution >= 0.6 is 0 Å². The van der Waals surface area contributed by atoms with Gasteiger partial charge in [0.2, 0.25) is 0 Å². The van der Waals surface area contributed by atoms with Crippen molar-refractivity contribution < 1.29 is 22.3 Å². The summed E-state index contributed by atoms with van der Waals surface area (Å²) in [5.41, 5.74) is 2.75. The van der Waals surface area contributed by atoms with Gasteiger partial charge in [0.05, 0.1) is 0 Å². The number of halogens is 4. The molecule has 1 fully saturated rings. The average Bonchev–Trinajstić information content (AvgIpc) is 2.55. The maximum absolute atomic E-state index is 14.0. The quantitative estimate of drug-likeness (QED) is 0.548. The maximum atomic E-state index is 14.0. The first-order valence-electron chi connectivity index (χ1n) is 9.14. The lowest BCUT2D eigenvalue weighted by Gasteiger charge is -2.32. The van der Waals surface area contributed by atoms with Gasteiger partial charge in [0.15, 0.2) is 11.6 Å². The second-order valence-electron chi connectivity index (χ2n) is 7.25. The Bertz CT molecular complexity index is 640. The molecule has 0 N–H and O–H groups in total.